The summed E-state index contributed by atoms with van der Waals surface area (Å²) in [7, 11) is 3.11. The Morgan fingerprint density at radius 2 is 1.75 bits per heavy atom. The van der Waals surface area contributed by atoms with E-state index in [4.69, 9.17) is 14.2 Å². The van der Waals surface area contributed by atoms with E-state index in [-0.39, 0.29) is 24.3 Å². The second kappa shape index (κ2) is 9.16. The number of benzene rings is 2. The van der Waals surface area contributed by atoms with Crippen LogP contribution in [-0.4, -0.2) is 43.4 Å². The lowest BCUT2D eigenvalue weighted by atomic mass is 10.2. The molecule has 0 bridgehead atoms. The molecule has 1 fully saturated rings. The van der Waals surface area contributed by atoms with Crippen molar-refractivity contribution in [2.24, 2.45) is 0 Å². The van der Waals surface area contributed by atoms with Gasteiger partial charge in [-0.1, -0.05) is 28.1 Å². The van der Waals surface area contributed by atoms with Gasteiger partial charge >= 0.3 is 0 Å². The molecular weight excluding hydrogens is 446 g/mol. The minimum Gasteiger partial charge on any atom is -0.496 e. The van der Waals surface area contributed by atoms with Gasteiger partial charge in [-0.25, -0.2) is 0 Å². The van der Waals surface area contributed by atoms with Crippen molar-refractivity contribution in [3.8, 4) is 17.2 Å². The van der Waals surface area contributed by atoms with E-state index in [2.05, 4.69) is 15.9 Å². The monoisotopic (exact) mass is 463 g/mol. The third kappa shape index (κ3) is 4.51. The molecule has 6 nitrogen and oxygen atoms in total. The number of halogens is 1. The molecule has 1 aliphatic rings. The van der Waals surface area contributed by atoms with Gasteiger partial charge in [0, 0.05) is 10.0 Å². The number of nitrogens with zero attached hydrogens (tertiary/aromatic N) is 1. The highest BCUT2D eigenvalue weighted by molar-refractivity contribution is 9.10. The quantitative estimate of drug-likeness (QED) is 0.559. The predicted molar refractivity (Wildman–Crippen MR) is 112 cm³/mol. The fraction of sp³-hybridized carbons (Fsp3) is 0.200. The molecule has 1 aliphatic heterocycles. The van der Waals surface area contributed by atoms with Gasteiger partial charge in [-0.2, -0.15) is 0 Å². The summed E-state index contributed by atoms with van der Waals surface area (Å²) in [5.41, 5.74) is 0.715. The van der Waals surface area contributed by atoms with Crippen LogP contribution in [0.25, 0.3) is 6.08 Å². The highest BCUT2D eigenvalue weighted by Crippen LogP contribution is 2.35. The van der Waals surface area contributed by atoms with Gasteiger partial charge in [0.1, 0.15) is 12.4 Å². The second-order valence-corrected chi connectivity index (χ2v) is 7.63. The summed E-state index contributed by atoms with van der Waals surface area (Å²) in [6, 6.07) is 12.7. The average Bonchev–Trinajstić information content (AvgIpc) is 2.96. The number of rotatable bonds is 7. The minimum atomic E-state index is -0.347. The molecule has 2 aromatic carbocycles. The zero-order valence-electron chi connectivity index (χ0n) is 15.3. The van der Waals surface area contributed by atoms with Crippen molar-refractivity contribution in [1.82, 2.24) is 4.90 Å². The number of para-hydroxylation sites is 2. The largest absolute Gasteiger partial charge is 0.496 e. The third-order valence-corrected chi connectivity index (χ3v) is 5.39. The molecule has 0 aromatic heterocycles. The highest BCUT2D eigenvalue weighted by atomic mass is 79.9. The van der Waals surface area contributed by atoms with Crippen molar-refractivity contribution in [2.75, 3.05) is 27.4 Å². The molecule has 3 rings (SSSR count). The summed E-state index contributed by atoms with van der Waals surface area (Å²) >= 11 is 4.30. The van der Waals surface area contributed by atoms with Crippen LogP contribution < -0.4 is 14.2 Å². The van der Waals surface area contributed by atoms with Crippen molar-refractivity contribution in [3.63, 3.8) is 0 Å². The molecule has 0 radical (unpaired) electrons. The van der Waals surface area contributed by atoms with Crippen LogP contribution in [0.5, 0.6) is 17.2 Å². The topological polar surface area (TPSA) is 65.1 Å². The normalized spacial score (nSPS) is 15.2. The Morgan fingerprint density at radius 3 is 2.46 bits per heavy atom. The highest BCUT2D eigenvalue weighted by Gasteiger charge is 2.35. The van der Waals surface area contributed by atoms with Gasteiger partial charge in [0.05, 0.1) is 25.7 Å². The van der Waals surface area contributed by atoms with Gasteiger partial charge in [-0.15, -0.1) is 0 Å². The van der Waals surface area contributed by atoms with E-state index in [9.17, 15) is 9.59 Å². The number of ether oxygens (including phenoxy) is 3. The minimum absolute atomic E-state index is 0.148. The van der Waals surface area contributed by atoms with Crippen LogP contribution >= 0.6 is 27.7 Å². The summed E-state index contributed by atoms with van der Waals surface area (Å²) < 4.78 is 17.1. The van der Waals surface area contributed by atoms with Crippen LogP contribution in [0.1, 0.15) is 5.56 Å². The molecule has 0 saturated carbocycles. The number of carbonyl (C=O) groups is 2. The molecule has 0 N–H and O–H groups in total. The molecule has 2 amide bonds. The van der Waals surface area contributed by atoms with E-state index in [1.54, 1.807) is 38.5 Å². The Hall–Kier alpha value is -2.45. The van der Waals surface area contributed by atoms with E-state index in [1.165, 1.54) is 4.90 Å². The first kappa shape index (κ1) is 20.3. The van der Waals surface area contributed by atoms with Gasteiger partial charge in [0.15, 0.2) is 11.5 Å². The first-order valence-corrected chi connectivity index (χ1v) is 9.99. The molecular formula is C20H18BrNO5S. The number of hydrogen-bond donors (Lipinski definition) is 0. The van der Waals surface area contributed by atoms with Gasteiger partial charge in [0.25, 0.3) is 11.1 Å². The lowest BCUT2D eigenvalue weighted by Gasteiger charge is -2.14. The van der Waals surface area contributed by atoms with Gasteiger partial charge < -0.3 is 14.2 Å². The number of carbonyl (C=O) groups excluding carboxylic acids is 2. The van der Waals surface area contributed by atoms with Crippen LogP contribution in [0.2, 0.25) is 0 Å². The number of hydrogen-bond acceptors (Lipinski definition) is 6. The van der Waals surface area contributed by atoms with E-state index < -0.39 is 0 Å². The second-order valence-electron chi connectivity index (χ2n) is 5.72. The Morgan fingerprint density at radius 1 is 1.04 bits per heavy atom. The number of imide groups is 1. The van der Waals surface area contributed by atoms with Crippen molar-refractivity contribution in [3.05, 3.63) is 57.4 Å². The fourth-order valence-electron chi connectivity index (χ4n) is 2.64. The van der Waals surface area contributed by atoms with E-state index in [0.717, 1.165) is 16.2 Å². The van der Waals surface area contributed by atoms with Crippen LogP contribution in [0.4, 0.5) is 4.79 Å². The van der Waals surface area contributed by atoms with E-state index in [0.29, 0.717) is 27.7 Å². The number of amides is 2. The molecule has 0 unspecified atom stereocenters. The molecule has 1 saturated heterocycles. The molecule has 8 heteroatoms. The zero-order valence-corrected chi connectivity index (χ0v) is 17.7. The molecule has 1 heterocycles. The van der Waals surface area contributed by atoms with Crippen molar-refractivity contribution in [2.45, 2.75) is 0 Å². The molecule has 0 aliphatic carbocycles. The maximum absolute atomic E-state index is 12.7. The van der Waals surface area contributed by atoms with Crippen LogP contribution in [0, 0.1) is 0 Å². The molecule has 2 aromatic rings. The van der Waals surface area contributed by atoms with Gasteiger partial charge in [-0.05, 0) is 48.2 Å². The lowest BCUT2D eigenvalue weighted by Crippen LogP contribution is -2.32. The average molecular weight is 464 g/mol. The Bertz CT molecular complexity index is 931. The van der Waals surface area contributed by atoms with Gasteiger partial charge in [-0.3, -0.25) is 14.5 Å². The van der Waals surface area contributed by atoms with E-state index >= 15 is 0 Å². The van der Waals surface area contributed by atoms with E-state index in [1.807, 2.05) is 24.3 Å². The summed E-state index contributed by atoms with van der Waals surface area (Å²) in [5.74, 6) is 1.43. The Balaban J connectivity index is 1.69. The van der Waals surface area contributed by atoms with Crippen LogP contribution in [-0.2, 0) is 4.79 Å². The Labute approximate surface area is 175 Å². The zero-order chi connectivity index (χ0) is 20.1. The Kier molecular flexibility index (Phi) is 6.64. The first-order valence-electron chi connectivity index (χ1n) is 8.38. The summed E-state index contributed by atoms with van der Waals surface area (Å²) in [6.45, 7) is 0.321. The number of thioether (sulfide) groups is 1. The predicted octanol–water partition coefficient (Wildman–Crippen LogP) is 4.58. The SMILES string of the molecule is COc1ccc(Br)cc1/C=C1\SC(=O)N(CCOc2ccccc2OC)C1=O. The molecule has 28 heavy (non-hydrogen) atoms. The first-order chi connectivity index (χ1) is 13.5. The maximum Gasteiger partial charge on any atom is 0.293 e. The standard InChI is InChI=1S/C20H18BrNO5S/c1-25-15-8-7-14(21)11-13(15)12-18-19(23)22(20(24)28-18)9-10-27-17-6-4-3-5-16(17)26-2/h3-8,11-12H,9-10H2,1-2H3/b18-12-. The van der Waals surface area contributed by atoms with Crippen molar-refractivity contribution in [1.29, 1.82) is 0 Å². The lowest BCUT2D eigenvalue weighted by molar-refractivity contribution is -0.123. The molecule has 0 atom stereocenters. The van der Waals surface area contributed by atoms with Crippen molar-refractivity contribution >= 4 is 44.9 Å². The third-order valence-electron chi connectivity index (χ3n) is 3.99. The smallest absolute Gasteiger partial charge is 0.293 e. The summed E-state index contributed by atoms with van der Waals surface area (Å²) in [5, 5.41) is -0.325. The maximum atomic E-state index is 12.7. The van der Waals surface area contributed by atoms with Crippen LogP contribution in [0.3, 0.4) is 0 Å². The summed E-state index contributed by atoms with van der Waals surface area (Å²) in [6.07, 6.45) is 1.66. The van der Waals surface area contributed by atoms with Crippen LogP contribution in [0.15, 0.2) is 51.8 Å². The summed E-state index contributed by atoms with van der Waals surface area (Å²) in [4.78, 5) is 26.5. The van der Waals surface area contributed by atoms with Gasteiger partial charge in [0.2, 0.25) is 0 Å². The fourth-order valence-corrected chi connectivity index (χ4v) is 3.87. The molecule has 0 spiro atoms. The number of methoxy groups -OCH3 is 2. The molecule has 146 valence electrons. The van der Waals surface area contributed by atoms with Crippen molar-refractivity contribution < 1.29 is 23.8 Å².